The van der Waals surface area contributed by atoms with Gasteiger partial charge in [0.25, 0.3) is 5.91 Å². The number of carboxylic acids is 1. The van der Waals surface area contributed by atoms with E-state index in [2.05, 4.69) is 0 Å². The average molecular weight is 235 g/mol. The van der Waals surface area contributed by atoms with Crippen molar-refractivity contribution in [3.63, 3.8) is 0 Å². The number of rotatable bonds is 4. The zero-order valence-corrected chi connectivity index (χ0v) is 8.13. The number of amides is 1. The monoisotopic (exact) mass is 235 g/mol. The summed E-state index contributed by atoms with van der Waals surface area (Å²) in [5.41, 5.74) is 0. The molecule has 2 N–H and O–H groups in total. The lowest BCUT2D eigenvalue weighted by molar-refractivity contribution is -0.144. The van der Waals surface area contributed by atoms with Gasteiger partial charge in [0.1, 0.15) is 0 Å². The van der Waals surface area contributed by atoms with E-state index in [4.69, 9.17) is 5.11 Å². The molecule has 0 aliphatic carbocycles. The molecule has 0 aromatic carbocycles. The molecule has 1 atom stereocenters. The van der Waals surface area contributed by atoms with Crippen molar-refractivity contribution >= 4 is 23.2 Å². The number of halogens is 2. The molecule has 0 radical (unpaired) electrons. The average Bonchev–Trinajstić information content (AvgIpc) is 2.65. The summed E-state index contributed by atoms with van der Waals surface area (Å²) in [6, 6.07) is 1.62. The molecule has 0 aliphatic rings. The first-order valence-corrected chi connectivity index (χ1v) is 4.75. The minimum atomic E-state index is -3.22. The highest BCUT2D eigenvalue weighted by molar-refractivity contribution is 7.10. The summed E-state index contributed by atoms with van der Waals surface area (Å²) in [7, 11) is 0. The Morgan fingerprint density at radius 2 is 2.13 bits per heavy atom. The van der Waals surface area contributed by atoms with Crippen LogP contribution in [0.1, 0.15) is 10.9 Å². The molecule has 4 nitrogen and oxygen atoms in total. The predicted molar refractivity (Wildman–Crippen MR) is 48.8 cm³/mol. The fourth-order valence-corrected chi connectivity index (χ4v) is 1.68. The number of alkyl halides is 2. The summed E-state index contributed by atoms with van der Waals surface area (Å²) in [6.45, 7) is 0. The standard InChI is InChI=1S/C8H7F2NO3S/c9-6(10)7(12)11-5(8(13)14)4-2-1-3-15-4/h1-3,5-6H,(H,11,12)(H,13,14). The second-order valence-electron chi connectivity index (χ2n) is 2.60. The molecule has 0 fully saturated rings. The number of thiophene rings is 1. The number of carbonyl (C=O) groups is 2. The minimum Gasteiger partial charge on any atom is -0.479 e. The number of carbonyl (C=O) groups excluding carboxylic acids is 1. The van der Waals surface area contributed by atoms with Crippen LogP contribution in [0.4, 0.5) is 8.78 Å². The van der Waals surface area contributed by atoms with Crippen LogP contribution in [-0.4, -0.2) is 23.4 Å². The molecular weight excluding hydrogens is 228 g/mol. The quantitative estimate of drug-likeness (QED) is 0.825. The van der Waals surface area contributed by atoms with E-state index in [0.717, 1.165) is 11.3 Å². The normalized spacial score (nSPS) is 12.5. The van der Waals surface area contributed by atoms with Crippen molar-refractivity contribution in [2.45, 2.75) is 12.5 Å². The molecule has 0 aliphatic heterocycles. The van der Waals surface area contributed by atoms with Crippen molar-refractivity contribution < 1.29 is 23.5 Å². The third-order valence-electron chi connectivity index (χ3n) is 1.56. The number of hydrogen-bond acceptors (Lipinski definition) is 3. The first kappa shape index (κ1) is 11.6. The van der Waals surface area contributed by atoms with Crippen LogP contribution in [0.15, 0.2) is 17.5 Å². The third kappa shape index (κ3) is 2.98. The van der Waals surface area contributed by atoms with Crippen molar-refractivity contribution in [2.24, 2.45) is 0 Å². The Balaban J connectivity index is 2.77. The van der Waals surface area contributed by atoms with Gasteiger partial charge in [-0.05, 0) is 11.4 Å². The molecule has 7 heteroatoms. The number of carboxylic acid groups (broad SMARTS) is 1. The van der Waals surface area contributed by atoms with Crippen molar-refractivity contribution in [1.29, 1.82) is 0 Å². The van der Waals surface area contributed by atoms with E-state index in [1.807, 2.05) is 0 Å². The van der Waals surface area contributed by atoms with Crippen LogP contribution in [0.25, 0.3) is 0 Å². The smallest absolute Gasteiger partial charge is 0.331 e. The van der Waals surface area contributed by atoms with Crippen molar-refractivity contribution in [2.75, 3.05) is 0 Å². The fraction of sp³-hybridized carbons (Fsp3) is 0.250. The zero-order valence-electron chi connectivity index (χ0n) is 7.31. The molecule has 0 saturated heterocycles. The van der Waals surface area contributed by atoms with Gasteiger partial charge in [0.2, 0.25) is 0 Å². The van der Waals surface area contributed by atoms with Crippen molar-refractivity contribution in [3.05, 3.63) is 22.4 Å². The first-order valence-electron chi connectivity index (χ1n) is 3.87. The Kier molecular flexibility index (Phi) is 3.73. The third-order valence-corrected chi connectivity index (χ3v) is 2.50. The second-order valence-corrected chi connectivity index (χ2v) is 3.58. The summed E-state index contributed by atoms with van der Waals surface area (Å²) in [5.74, 6) is -2.96. The van der Waals surface area contributed by atoms with Crippen LogP contribution in [0, 0.1) is 0 Å². The molecule has 0 spiro atoms. The molecule has 82 valence electrons. The Morgan fingerprint density at radius 1 is 1.47 bits per heavy atom. The van der Waals surface area contributed by atoms with E-state index in [1.54, 1.807) is 16.8 Å². The molecule has 1 rings (SSSR count). The van der Waals surface area contributed by atoms with Gasteiger partial charge in [-0.25, -0.2) is 4.79 Å². The van der Waals surface area contributed by atoms with Crippen LogP contribution < -0.4 is 5.32 Å². The number of hydrogen-bond donors (Lipinski definition) is 2. The van der Waals surface area contributed by atoms with Crippen molar-refractivity contribution in [3.8, 4) is 0 Å². The van der Waals surface area contributed by atoms with Crippen molar-refractivity contribution in [1.82, 2.24) is 5.32 Å². The van der Waals surface area contributed by atoms with E-state index < -0.39 is 24.3 Å². The predicted octanol–water partition coefficient (Wildman–Crippen LogP) is 1.26. The Labute approximate surface area is 87.5 Å². The Morgan fingerprint density at radius 3 is 2.53 bits per heavy atom. The van der Waals surface area contributed by atoms with Gasteiger partial charge in [0.15, 0.2) is 6.04 Å². The SMILES string of the molecule is O=C(NC(C(=O)O)c1cccs1)C(F)F. The van der Waals surface area contributed by atoms with Gasteiger partial charge in [-0.2, -0.15) is 8.78 Å². The summed E-state index contributed by atoms with van der Waals surface area (Å²) >= 11 is 1.07. The highest BCUT2D eigenvalue weighted by Crippen LogP contribution is 2.19. The molecule has 0 bridgehead atoms. The van der Waals surface area contributed by atoms with Gasteiger partial charge in [-0.15, -0.1) is 11.3 Å². The summed E-state index contributed by atoms with van der Waals surface area (Å²) < 4.78 is 23.8. The van der Waals surface area contributed by atoms with Gasteiger partial charge >= 0.3 is 12.4 Å². The van der Waals surface area contributed by atoms with Crippen LogP contribution in [0.2, 0.25) is 0 Å². The largest absolute Gasteiger partial charge is 0.479 e. The maximum absolute atomic E-state index is 11.9. The van der Waals surface area contributed by atoms with Gasteiger partial charge in [-0.1, -0.05) is 6.07 Å². The lowest BCUT2D eigenvalue weighted by atomic mass is 10.2. The Hall–Kier alpha value is -1.50. The lowest BCUT2D eigenvalue weighted by Gasteiger charge is -2.11. The van der Waals surface area contributed by atoms with Gasteiger partial charge in [0, 0.05) is 4.88 Å². The van der Waals surface area contributed by atoms with E-state index in [1.165, 1.54) is 6.07 Å². The highest BCUT2D eigenvalue weighted by atomic mass is 32.1. The molecule has 1 aromatic rings. The molecule has 1 unspecified atom stereocenters. The lowest BCUT2D eigenvalue weighted by Crippen LogP contribution is -2.36. The summed E-state index contributed by atoms with van der Waals surface area (Å²) in [6.07, 6.45) is -3.22. The zero-order chi connectivity index (χ0) is 11.4. The van der Waals surface area contributed by atoms with Crippen LogP contribution in [-0.2, 0) is 9.59 Å². The van der Waals surface area contributed by atoms with Crippen LogP contribution in [0.5, 0.6) is 0 Å². The van der Waals surface area contributed by atoms with Crippen LogP contribution >= 0.6 is 11.3 Å². The van der Waals surface area contributed by atoms with E-state index in [9.17, 15) is 18.4 Å². The second kappa shape index (κ2) is 4.83. The maximum atomic E-state index is 11.9. The summed E-state index contributed by atoms with van der Waals surface area (Å²) in [4.78, 5) is 21.6. The molecule has 1 amide bonds. The number of nitrogens with one attached hydrogen (secondary N) is 1. The highest BCUT2D eigenvalue weighted by Gasteiger charge is 2.26. The van der Waals surface area contributed by atoms with E-state index >= 15 is 0 Å². The molecule has 1 aromatic heterocycles. The van der Waals surface area contributed by atoms with Gasteiger partial charge < -0.3 is 10.4 Å². The molecule has 15 heavy (non-hydrogen) atoms. The molecular formula is C8H7F2NO3S. The first-order chi connectivity index (χ1) is 7.02. The fourth-order valence-electron chi connectivity index (χ4n) is 0.915. The minimum absolute atomic E-state index is 0.302. The van der Waals surface area contributed by atoms with Gasteiger partial charge in [0.05, 0.1) is 0 Å². The van der Waals surface area contributed by atoms with E-state index in [0.29, 0.717) is 4.88 Å². The molecule has 0 saturated carbocycles. The topological polar surface area (TPSA) is 66.4 Å². The maximum Gasteiger partial charge on any atom is 0.331 e. The van der Waals surface area contributed by atoms with Crippen LogP contribution in [0.3, 0.4) is 0 Å². The Bertz CT molecular complexity index is 353. The van der Waals surface area contributed by atoms with Gasteiger partial charge in [-0.3, -0.25) is 4.79 Å². The number of aliphatic carboxylic acids is 1. The summed E-state index contributed by atoms with van der Waals surface area (Å²) in [5, 5.41) is 12.1. The van der Waals surface area contributed by atoms with E-state index in [-0.39, 0.29) is 0 Å². The molecule has 1 heterocycles.